The lowest BCUT2D eigenvalue weighted by atomic mass is 9.84. The van der Waals surface area contributed by atoms with Gasteiger partial charge in [-0.05, 0) is 38.0 Å². The van der Waals surface area contributed by atoms with Crippen molar-refractivity contribution in [3.8, 4) is 0 Å². The number of nitrogens with one attached hydrogen (secondary N) is 2. The molecule has 0 aromatic heterocycles. The number of benzene rings is 2. The third-order valence-corrected chi connectivity index (χ3v) is 4.15. The van der Waals surface area contributed by atoms with E-state index in [1.54, 1.807) is 0 Å². The minimum atomic E-state index is -0.169. The summed E-state index contributed by atoms with van der Waals surface area (Å²) in [6, 6.07) is 14.3. The summed E-state index contributed by atoms with van der Waals surface area (Å²) in [5.74, 6) is 0. The van der Waals surface area contributed by atoms with Gasteiger partial charge in [-0.2, -0.15) is 0 Å². The first kappa shape index (κ1) is 17.1. The van der Waals surface area contributed by atoms with E-state index in [1.165, 1.54) is 16.7 Å². The van der Waals surface area contributed by atoms with E-state index in [4.69, 9.17) is 0 Å². The largest absolute Gasteiger partial charge is 0.337 e. The molecule has 122 valence electrons. The molecule has 0 bridgehead atoms. The van der Waals surface area contributed by atoms with E-state index in [0.717, 1.165) is 11.3 Å². The van der Waals surface area contributed by atoms with Gasteiger partial charge in [0.1, 0.15) is 0 Å². The number of hydrogen-bond acceptors (Lipinski definition) is 1. The van der Waals surface area contributed by atoms with Gasteiger partial charge in [0.15, 0.2) is 0 Å². The van der Waals surface area contributed by atoms with E-state index >= 15 is 0 Å². The summed E-state index contributed by atoms with van der Waals surface area (Å²) < 4.78 is 0. The highest BCUT2D eigenvalue weighted by Gasteiger charge is 2.21. The smallest absolute Gasteiger partial charge is 0.319 e. The Morgan fingerprint density at radius 3 is 2.17 bits per heavy atom. The van der Waals surface area contributed by atoms with E-state index in [9.17, 15) is 4.79 Å². The summed E-state index contributed by atoms with van der Waals surface area (Å²) >= 11 is 0. The molecule has 0 saturated heterocycles. The Balaban J connectivity index is 1.96. The zero-order chi connectivity index (χ0) is 17.0. The monoisotopic (exact) mass is 310 g/mol. The van der Waals surface area contributed by atoms with Crippen LogP contribution in [0.5, 0.6) is 0 Å². The van der Waals surface area contributed by atoms with E-state index in [1.807, 2.05) is 26.0 Å². The average molecular weight is 310 g/mol. The van der Waals surface area contributed by atoms with Crippen molar-refractivity contribution in [2.24, 2.45) is 0 Å². The fourth-order valence-electron chi connectivity index (χ4n) is 2.53. The minimum Gasteiger partial charge on any atom is -0.337 e. The van der Waals surface area contributed by atoms with Gasteiger partial charge in [-0.15, -0.1) is 0 Å². The number of aryl methyl sites for hydroxylation is 3. The topological polar surface area (TPSA) is 41.1 Å². The van der Waals surface area contributed by atoms with E-state index in [-0.39, 0.29) is 11.4 Å². The van der Waals surface area contributed by atoms with Crippen LogP contribution in [0.15, 0.2) is 42.5 Å². The Kier molecular flexibility index (Phi) is 5.09. The average Bonchev–Trinajstić information content (AvgIpc) is 2.49. The van der Waals surface area contributed by atoms with Crippen LogP contribution >= 0.6 is 0 Å². The van der Waals surface area contributed by atoms with Crippen LogP contribution in [0.4, 0.5) is 10.5 Å². The van der Waals surface area contributed by atoms with Crippen molar-refractivity contribution < 1.29 is 4.79 Å². The molecule has 0 spiro atoms. The van der Waals surface area contributed by atoms with Crippen LogP contribution in [0.1, 0.15) is 36.1 Å². The second kappa shape index (κ2) is 6.86. The molecule has 2 rings (SSSR count). The molecular formula is C20H26N2O. The second-order valence-electron chi connectivity index (χ2n) is 6.88. The number of carbonyl (C=O) groups is 1. The molecular weight excluding hydrogens is 284 g/mol. The van der Waals surface area contributed by atoms with E-state index in [0.29, 0.717) is 6.54 Å². The van der Waals surface area contributed by atoms with Crippen LogP contribution in [-0.2, 0) is 5.41 Å². The fraction of sp³-hybridized carbons (Fsp3) is 0.350. The molecule has 0 aliphatic heterocycles. The molecule has 0 atom stereocenters. The zero-order valence-electron chi connectivity index (χ0n) is 14.7. The van der Waals surface area contributed by atoms with Crippen molar-refractivity contribution in [1.82, 2.24) is 5.32 Å². The molecule has 0 heterocycles. The fourth-order valence-corrected chi connectivity index (χ4v) is 2.53. The van der Waals surface area contributed by atoms with Crippen LogP contribution in [0.3, 0.4) is 0 Å². The van der Waals surface area contributed by atoms with Gasteiger partial charge in [0.2, 0.25) is 0 Å². The maximum Gasteiger partial charge on any atom is 0.319 e. The molecule has 0 unspecified atom stereocenters. The molecule has 2 aromatic carbocycles. The maximum absolute atomic E-state index is 12.2. The number of rotatable bonds is 4. The summed E-state index contributed by atoms with van der Waals surface area (Å²) in [5.41, 5.74) is 5.45. The van der Waals surface area contributed by atoms with Crippen molar-refractivity contribution in [1.29, 1.82) is 0 Å². The van der Waals surface area contributed by atoms with Gasteiger partial charge in [-0.25, -0.2) is 4.79 Å². The van der Waals surface area contributed by atoms with Gasteiger partial charge in [0, 0.05) is 17.6 Å². The standard InChI is InChI=1S/C20H26N2O/c1-14-6-9-17(10-7-14)20(4,5)13-21-19(23)22-18-11-8-15(2)12-16(18)3/h6-12H,13H2,1-5H3,(H2,21,22,23). The molecule has 2 N–H and O–H groups in total. The lowest BCUT2D eigenvalue weighted by Gasteiger charge is -2.26. The number of carbonyl (C=O) groups excluding carboxylic acids is 1. The second-order valence-corrected chi connectivity index (χ2v) is 6.88. The highest BCUT2D eigenvalue weighted by molar-refractivity contribution is 5.90. The molecule has 2 amide bonds. The van der Waals surface area contributed by atoms with Gasteiger partial charge in [-0.1, -0.05) is 61.4 Å². The predicted molar refractivity (Wildman–Crippen MR) is 97.1 cm³/mol. The summed E-state index contributed by atoms with van der Waals surface area (Å²) in [5, 5.41) is 5.90. The first-order valence-corrected chi connectivity index (χ1v) is 7.97. The zero-order valence-corrected chi connectivity index (χ0v) is 14.7. The number of amides is 2. The minimum absolute atomic E-state index is 0.118. The summed E-state index contributed by atoms with van der Waals surface area (Å²) in [6.07, 6.45) is 0. The number of hydrogen-bond donors (Lipinski definition) is 2. The SMILES string of the molecule is Cc1ccc(C(C)(C)CNC(=O)Nc2ccc(C)cc2C)cc1. The van der Waals surface area contributed by atoms with Crippen molar-refractivity contribution >= 4 is 11.7 Å². The van der Waals surface area contributed by atoms with Crippen molar-refractivity contribution in [2.75, 3.05) is 11.9 Å². The first-order valence-electron chi connectivity index (χ1n) is 7.97. The summed E-state index contributed by atoms with van der Waals surface area (Å²) in [4.78, 5) is 12.2. The quantitative estimate of drug-likeness (QED) is 0.843. The highest BCUT2D eigenvalue weighted by Crippen LogP contribution is 2.22. The van der Waals surface area contributed by atoms with Crippen molar-refractivity contribution in [3.05, 3.63) is 64.7 Å². The predicted octanol–water partition coefficient (Wildman–Crippen LogP) is 4.71. The van der Waals surface area contributed by atoms with Crippen LogP contribution in [0.2, 0.25) is 0 Å². The molecule has 3 nitrogen and oxygen atoms in total. The Hall–Kier alpha value is -2.29. The van der Waals surface area contributed by atoms with Crippen LogP contribution in [0, 0.1) is 20.8 Å². The Labute approximate surface area is 139 Å². The van der Waals surface area contributed by atoms with Crippen LogP contribution in [0.25, 0.3) is 0 Å². The van der Waals surface area contributed by atoms with Crippen molar-refractivity contribution in [3.63, 3.8) is 0 Å². The Morgan fingerprint density at radius 1 is 0.957 bits per heavy atom. The summed E-state index contributed by atoms with van der Waals surface area (Å²) in [6.45, 7) is 11.0. The molecule has 2 aromatic rings. The van der Waals surface area contributed by atoms with Gasteiger partial charge < -0.3 is 10.6 Å². The van der Waals surface area contributed by atoms with Crippen molar-refractivity contribution in [2.45, 2.75) is 40.0 Å². The Morgan fingerprint density at radius 2 is 1.57 bits per heavy atom. The molecule has 0 aliphatic rings. The molecule has 0 aliphatic carbocycles. The molecule has 3 heteroatoms. The first-order chi connectivity index (χ1) is 10.8. The number of urea groups is 1. The molecule has 0 saturated carbocycles. The van der Waals surface area contributed by atoms with E-state index < -0.39 is 0 Å². The highest BCUT2D eigenvalue weighted by atomic mass is 16.2. The summed E-state index contributed by atoms with van der Waals surface area (Å²) in [7, 11) is 0. The molecule has 0 radical (unpaired) electrons. The Bertz CT molecular complexity index is 687. The number of anilines is 1. The lowest BCUT2D eigenvalue weighted by molar-refractivity contribution is 0.249. The third-order valence-electron chi connectivity index (χ3n) is 4.15. The normalized spacial score (nSPS) is 11.2. The maximum atomic E-state index is 12.2. The third kappa shape index (κ3) is 4.59. The van der Waals surface area contributed by atoms with Gasteiger partial charge >= 0.3 is 6.03 Å². The lowest BCUT2D eigenvalue weighted by Crippen LogP contribution is -2.39. The van der Waals surface area contributed by atoms with Gasteiger partial charge in [0.25, 0.3) is 0 Å². The molecule has 0 fully saturated rings. The van der Waals surface area contributed by atoms with E-state index in [2.05, 4.69) is 61.7 Å². The van der Waals surface area contributed by atoms with Gasteiger partial charge in [-0.3, -0.25) is 0 Å². The van der Waals surface area contributed by atoms with Crippen LogP contribution < -0.4 is 10.6 Å². The van der Waals surface area contributed by atoms with Gasteiger partial charge in [0.05, 0.1) is 0 Å². The van der Waals surface area contributed by atoms with Crippen LogP contribution in [-0.4, -0.2) is 12.6 Å². The molecule has 23 heavy (non-hydrogen) atoms.